The van der Waals surface area contributed by atoms with Gasteiger partial charge in [-0.15, -0.1) is 0 Å². The number of nitrogens with zero attached hydrogens (tertiary/aromatic N) is 2. The van der Waals surface area contributed by atoms with Gasteiger partial charge in [-0.1, -0.05) is 54.1 Å². The molecule has 11 heteroatoms. The van der Waals surface area contributed by atoms with Crippen LogP contribution in [-0.2, 0) is 27.2 Å². The van der Waals surface area contributed by atoms with E-state index < -0.39 is 18.1 Å². The molecule has 1 saturated heterocycles. The zero-order chi connectivity index (χ0) is 32.5. The second-order valence-electron chi connectivity index (χ2n) is 11.7. The molecule has 0 bridgehead atoms. The molecule has 2 aliphatic rings. The summed E-state index contributed by atoms with van der Waals surface area (Å²) in [4.78, 5) is 42.3. The van der Waals surface area contributed by atoms with Crippen LogP contribution in [0.15, 0.2) is 72.8 Å². The van der Waals surface area contributed by atoms with Gasteiger partial charge in [0.15, 0.2) is 18.1 Å². The van der Waals surface area contributed by atoms with Gasteiger partial charge in [-0.3, -0.25) is 14.4 Å². The lowest BCUT2D eigenvalue weighted by Gasteiger charge is -2.36. The Kier molecular flexibility index (Phi) is 11.4. The summed E-state index contributed by atoms with van der Waals surface area (Å²) in [6.45, 7) is 2.85. The number of piperidine rings is 1. The first-order valence-corrected chi connectivity index (χ1v) is 16.0. The number of rotatable bonds is 13. The van der Waals surface area contributed by atoms with Gasteiger partial charge in [0.1, 0.15) is 5.75 Å². The molecule has 5 rings (SSSR count). The average molecular weight is 650 g/mol. The quantitative estimate of drug-likeness (QED) is 0.289. The Hall–Kier alpha value is -4.28. The molecule has 0 aromatic heterocycles. The summed E-state index contributed by atoms with van der Waals surface area (Å²) in [7, 11) is 0. The fraction of sp³-hybridized carbons (Fsp3) is 0.400. The van der Waals surface area contributed by atoms with Gasteiger partial charge >= 0.3 is 0 Å². The maximum atomic E-state index is 14.0. The van der Waals surface area contributed by atoms with Gasteiger partial charge in [0, 0.05) is 44.0 Å². The summed E-state index contributed by atoms with van der Waals surface area (Å²) in [5, 5.41) is 15.1. The topological polar surface area (TPSA) is 118 Å². The van der Waals surface area contributed by atoms with Crippen LogP contribution in [-0.4, -0.2) is 84.4 Å². The number of hydrogen-bond acceptors (Lipinski definition) is 7. The minimum absolute atomic E-state index is 0.000165. The van der Waals surface area contributed by atoms with E-state index in [1.165, 1.54) is 6.92 Å². The fourth-order valence-electron chi connectivity index (χ4n) is 5.81. The van der Waals surface area contributed by atoms with Crippen molar-refractivity contribution < 1.29 is 33.7 Å². The average Bonchev–Trinajstić information content (AvgIpc) is 3.54. The molecule has 3 aromatic rings. The SMILES string of the molecule is CC(=O)N1CCC(C(=O)N(CCc2ccc3c(c2)OCO3)CC(O)[C@H](Cc2ccccc2)NC(=O)COc2cccc(Cl)c2)CC1. The normalized spacial score (nSPS) is 15.6. The molecule has 0 spiro atoms. The number of ether oxygens (including phenoxy) is 3. The van der Waals surface area contributed by atoms with E-state index in [2.05, 4.69) is 5.32 Å². The third-order valence-electron chi connectivity index (χ3n) is 8.39. The summed E-state index contributed by atoms with van der Waals surface area (Å²) in [5.41, 5.74) is 1.90. The Morgan fingerprint density at radius 1 is 1.00 bits per heavy atom. The molecule has 10 nitrogen and oxygen atoms in total. The molecule has 2 heterocycles. The Labute approximate surface area is 274 Å². The zero-order valence-electron chi connectivity index (χ0n) is 25.9. The molecule has 3 amide bonds. The highest BCUT2D eigenvalue weighted by molar-refractivity contribution is 6.30. The lowest BCUT2D eigenvalue weighted by Crippen LogP contribution is -2.53. The number of hydrogen-bond donors (Lipinski definition) is 2. The molecule has 2 aliphatic heterocycles. The summed E-state index contributed by atoms with van der Waals surface area (Å²) < 4.78 is 16.6. The van der Waals surface area contributed by atoms with E-state index in [4.69, 9.17) is 25.8 Å². The Balaban J connectivity index is 1.29. The number of benzene rings is 3. The van der Waals surface area contributed by atoms with Gasteiger partial charge in [0.05, 0.1) is 12.1 Å². The van der Waals surface area contributed by atoms with Crippen molar-refractivity contribution in [2.75, 3.05) is 39.6 Å². The number of carbonyl (C=O) groups is 3. The number of fused-ring (bicyclic) bond motifs is 1. The number of aliphatic hydroxyl groups excluding tert-OH is 1. The second kappa shape index (κ2) is 15.8. The van der Waals surface area contributed by atoms with Crippen LogP contribution in [0, 0.1) is 5.92 Å². The number of aliphatic hydroxyl groups is 1. The molecule has 46 heavy (non-hydrogen) atoms. The number of nitrogens with one attached hydrogen (secondary N) is 1. The highest BCUT2D eigenvalue weighted by Crippen LogP contribution is 2.32. The molecule has 1 fully saturated rings. The van der Waals surface area contributed by atoms with Crippen LogP contribution in [0.3, 0.4) is 0 Å². The molecular formula is C35H40ClN3O7. The number of amides is 3. The molecule has 3 aromatic carbocycles. The highest BCUT2D eigenvalue weighted by Gasteiger charge is 2.32. The van der Waals surface area contributed by atoms with Crippen molar-refractivity contribution in [3.63, 3.8) is 0 Å². The minimum Gasteiger partial charge on any atom is -0.484 e. The Morgan fingerprint density at radius 3 is 2.50 bits per heavy atom. The third kappa shape index (κ3) is 9.14. The largest absolute Gasteiger partial charge is 0.484 e. The summed E-state index contributed by atoms with van der Waals surface area (Å²) in [6.07, 6.45) is 0.921. The first-order chi connectivity index (χ1) is 22.2. The predicted octanol–water partition coefficient (Wildman–Crippen LogP) is 3.87. The summed E-state index contributed by atoms with van der Waals surface area (Å²) in [6, 6.07) is 21.3. The van der Waals surface area contributed by atoms with Gasteiger partial charge in [0.25, 0.3) is 5.91 Å². The van der Waals surface area contributed by atoms with E-state index in [0.717, 1.165) is 11.1 Å². The van der Waals surface area contributed by atoms with Crippen LogP contribution in [0.4, 0.5) is 0 Å². The van der Waals surface area contributed by atoms with Crippen LogP contribution < -0.4 is 19.5 Å². The second-order valence-corrected chi connectivity index (χ2v) is 12.1. The number of halogens is 1. The van der Waals surface area contributed by atoms with E-state index in [0.29, 0.717) is 67.6 Å². The maximum Gasteiger partial charge on any atom is 0.258 e. The van der Waals surface area contributed by atoms with Gasteiger partial charge in [-0.05, 0) is 67.1 Å². The van der Waals surface area contributed by atoms with Crippen molar-refractivity contribution in [3.05, 3.63) is 88.9 Å². The monoisotopic (exact) mass is 649 g/mol. The third-order valence-corrected chi connectivity index (χ3v) is 8.63. The van der Waals surface area contributed by atoms with Crippen molar-refractivity contribution in [2.45, 2.75) is 44.8 Å². The standard InChI is InChI=1S/C35H40ClN3O7/c1-24(40)38-16-13-27(14-17-38)35(43)39(15-12-26-10-11-32-33(19-26)46-23-45-32)21-31(41)30(18-25-6-3-2-4-7-25)37-34(42)22-44-29-9-5-8-28(36)20-29/h2-11,19-20,27,30-31,41H,12-18,21-23H2,1H3,(H,37,42)/t30-,31?/m0/s1. The van der Waals surface area contributed by atoms with Gasteiger partial charge in [-0.25, -0.2) is 0 Å². The minimum atomic E-state index is -1.08. The van der Waals surface area contributed by atoms with Crippen LogP contribution in [0.5, 0.6) is 17.2 Å². The van der Waals surface area contributed by atoms with Crippen LogP contribution in [0.2, 0.25) is 5.02 Å². The van der Waals surface area contributed by atoms with E-state index >= 15 is 0 Å². The smallest absolute Gasteiger partial charge is 0.258 e. The van der Waals surface area contributed by atoms with Gasteiger partial charge in [0.2, 0.25) is 18.6 Å². The van der Waals surface area contributed by atoms with E-state index in [1.807, 2.05) is 48.5 Å². The van der Waals surface area contributed by atoms with Crippen LogP contribution in [0.25, 0.3) is 0 Å². The van der Waals surface area contributed by atoms with Crippen molar-refractivity contribution in [3.8, 4) is 17.2 Å². The molecule has 2 atom stereocenters. The molecule has 244 valence electrons. The molecule has 2 N–H and O–H groups in total. The molecule has 0 radical (unpaired) electrons. The first-order valence-electron chi connectivity index (χ1n) is 15.6. The lowest BCUT2D eigenvalue weighted by molar-refractivity contribution is -0.141. The number of likely N-dealkylation sites (tertiary alicyclic amines) is 1. The van der Waals surface area contributed by atoms with E-state index in [9.17, 15) is 19.5 Å². The van der Waals surface area contributed by atoms with E-state index in [1.54, 1.807) is 34.1 Å². The Morgan fingerprint density at radius 2 is 1.76 bits per heavy atom. The lowest BCUT2D eigenvalue weighted by atomic mass is 9.94. The highest BCUT2D eigenvalue weighted by atomic mass is 35.5. The zero-order valence-corrected chi connectivity index (χ0v) is 26.7. The Bertz CT molecular complexity index is 1500. The molecule has 1 unspecified atom stereocenters. The summed E-state index contributed by atoms with van der Waals surface area (Å²) in [5.74, 6) is 1.05. The van der Waals surface area contributed by atoms with E-state index in [-0.39, 0.29) is 37.7 Å². The maximum absolute atomic E-state index is 14.0. The van der Waals surface area contributed by atoms with Crippen molar-refractivity contribution in [2.24, 2.45) is 5.92 Å². The number of carbonyl (C=O) groups excluding carboxylic acids is 3. The van der Waals surface area contributed by atoms with Gasteiger partial charge in [-0.2, -0.15) is 0 Å². The fourth-order valence-corrected chi connectivity index (χ4v) is 5.99. The van der Waals surface area contributed by atoms with Gasteiger partial charge < -0.3 is 34.4 Å². The van der Waals surface area contributed by atoms with Crippen LogP contribution >= 0.6 is 11.6 Å². The molecular weight excluding hydrogens is 610 g/mol. The van der Waals surface area contributed by atoms with Crippen molar-refractivity contribution >= 4 is 29.3 Å². The first kappa shape index (κ1) is 33.1. The summed E-state index contributed by atoms with van der Waals surface area (Å²) >= 11 is 6.04. The molecule has 0 saturated carbocycles. The van der Waals surface area contributed by atoms with Crippen molar-refractivity contribution in [1.29, 1.82) is 0 Å². The molecule has 0 aliphatic carbocycles. The van der Waals surface area contributed by atoms with Crippen LogP contribution in [0.1, 0.15) is 30.9 Å². The van der Waals surface area contributed by atoms with Crippen molar-refractivity contribution in [1.82, 2.24) is 15.1 Å². The predicted molar refractivity (Wildman–Crippen MR) is 173 cm³/mol.